The quantitative estimate of drug-likeness (QED) is 0.205. The highest BCUT2D eigenvalue weighted by atomic mass is 35.5. The van der Waals surface area contributed by atoms with Crippen molar-refractivity contribution in [3.05, 3.63) is 82.9 Å². The first kappa shape index (κ1) is 23.2. The van der Waals surface area contributed by atoms with E-state index in [0.29, 0.717) is 21.3 Å². The van der Waals surface area contributed by atoms with Gasteiger partial charge in [0, 0.05) is 28.8 Å². The van der Waals surface area contributed by atoms with Crippen LogP contribution in [0.1, 0.15) is 40.9 Å². The molecule has 0 fully saturated rings. The summed E-state index contributed by atoms with van der Waals surface area (Å²) < 4.78 is 6.69. The number of Topliss-reactive ketones (excluding diaryl/α,β-unsaturated/α-hetero) is 1. The lowest BCUT2D eigenvalue weighted by Crippen LogP contribution is -2.20. The van der Waals surface area contributed by atoms with Crippen LogP contribution in [0.3, 0.4) is 0 Å². The van der Waals surface area contributed by atoms with Crippen molar-refractivity contribution < 1.29 is 9.53 Å². The predicted molar refractivity (Wildman–Crippen MR) is 139 cm³/mol. The second-order valence-corrected chi connectivity index (χ2v) is 10.7. The first-order chi connectivity index (χ1) is 15.5. The number of para-hydroxylation sites is 1. The number of ketones is 1. The fourth-order valence-corrected chi connectivity index (χ4v) is 5.83. The molecule has 1 atom stereocenters. The van der Waals surface area contributed by atoms with E-state index in [1.807, 2.05) is 66.7 Å². The van der Waals surface area contributed by atoms with E-state index in [4.69, 9.17) is 28.6 Å². The summed E-state index contributed by atoms with van der Waals surface area (Å²) in [6, 6.07) is 21.2. The molecule has 1 aliphatic heterocycles. The third kappa shape index (κ3) is 5.67. The van der Waals surface area contributed by atoms with E-state index in [2.05, 4.69) is 12.2 Å². The van der Waals surface area contributed by atoms with Crippen molar-refractivity contribution in [1.29, 1.82) is 0 Å². The second-order valence-electron chi connectivity index (χ2n) is 7.31. The molecule has 0 bridgehead atoms. The van der Waals surface area contributed by atoms with Gasteiger partial charge in [0.05, 0.1) is 9.79 Å². The summed E-state index contributed by atoms with van der Waals surface area (Å²) >= 11 is 14.7. The smallest absolute Gasteiger partial charge is 0.164 e. The highest BCUT2D eigenvalue weighted by molar-refractivity contribution is 8.23. The monoisotopic (exact) mass is 499 g/mol. The molecule has 4 rings (SSSR count). The van der Waals surface area contributed by atoms with Gasteiger partial charge in [-0.05, 0) is 54.4 Å². The Bertz CT molecular complexity index is 1130. The fraction of sp³-hybridized carbons (Fsp3) is 0.200. The van der Waals surface area contributed by atoms with Crippen LogP contribution in [0, 0.1) is 0 Å². The molecule has 1 heterocycles. The van der Waals surface area contributed by atoms with Crippen LogP contribution < -0.4 is 10.1 Å². The van der Waals surface area contributed by atoms with Crippen LogP contribution in [-0.4, -0.2) is 16.6 Å². The van der Waals surface area contributed by atoms with E-state index >= 15 is 0 Å². The molecule has 1 aliphatic rings. The maximum absolute atomic E-state index is 13.3. The van der Waals surface area contributed by atoms with E-state index < -0.39 is 0 Å². The Morgan fingerprint density at radius 1 is 1.09 bits per heavy atom. The Balaban J connectivity index is 1.53. The number of hydrogen-bond donors (Lipinski definition) is 1. The number of benzene rings is 3. The Kier molecular flexibility index (Phi) is 7.79. The van der Waals surface area contributed by atoms with Gasteiger partial charge in [0.2, 0.25) is 0 Å². The molecule has 0 aliphatic carbocycles. The zero-order valence-electron chi connectivity index (χ0n) is 17.5. The third-order valence-electron chi connectivity index (χ3n) is 4.94. The first-order valence-corrected chi connectivity index (χ1v) is 12.8. The average Bonchev–Trinajstić information content (AvgIpc) is 2.81. The number of fused-ring (bicyclic) bond motifs is 2. The van der Waals surface area contributed by atoms with Crippen molar-refractivity contribution >= 4 is 57.4 Å². The topological polar surface area (TPSA) is 38.3 Å². The van der Waals surface area contributed by atoms with Gasteiger partial charge >= 0.3 is 0 Å². The summed E-state index contributed by atoms with van der Waals surface area (Å²) in [5.74, 6) is 1.69. The van der Waals surface area contributed by atoms with Crippen LogP contribution >= 0.6 is 47.3 Å². The van der Waals surface area contributed by atoms with Crippen LogP contribution in [0.25, 0.3) is 0 Å². The number of carbonyl (C=O) groups excluding carboxylic acids is 1. The molecule has 164 valence electrons. The Morgan fingerprint density at radius 3 is 2.62 bits per heavy atom. The van der Waals surface area contributed by atoms with Crippen LogP contribution in [0.5, 0.6) is 11.5 Å². The van der Waals surface area contributed by atoms with Crippen LogP contribution in [0.15, 0.2) is 76.5 Å². The molecule has 1 unspecified atom stereocenters. The molecule has 0 spiro atoms. The number of carbonyl (C=O) groups is 1. The molecule has 0 radical (unpaired) electrons. The summed E-state index contributed by atoms with van der Waals surface area (Å²) in [7, 11) is 0. The molecule has 0 aromatic heterocycles. The zero-order valence-corrected chi connectivity index (χ0v) is 20.7. The second kappa shape index (κ2) is 10.8. The Labute approximate surface area is 207 Å². The number of thioether (sulfide) groups is 1. The molecule has 32 heavy (non-hydrogen) atoms. The first-order valence-electron chi connectivity index (χ1n) is 10.4. The zero-order chi connectivity index (χ0) is 22.5. The molecular weight excluding hydrogens is 478 g/mol. The molecule has 7 heteroatoms. The van der Waals surface area contributed by atoms with Crippen LogP contribution in [0.4, 0.5) is 0 Å². The molecule has 0 amide bonds. The summed E-state index contributed by atoms with van der Waals surface area (Å²) in [5, 5.41) is 3.81. The largest absolute Gasteiger partial charge is 0.455 e. The summed E-state index contributed by atoms with van der Waals surface area (Å²) in [5.41, 5.74) is 1.70. The number of rotatable bonds is 7. The lowest BCUT2D eigenvalue weighted by molar-refractivity contribution is 0.0982. The standard InChI is InChI=1S/C25H22ClNO2S3/c1-2-13-27-25(30)32-23(16-7-10-18(26)11-8-16)15-19(28)17-9-12-21-24(14-17)31-22-6-4-3-5-20(22)29-21/h3-12,14,23H,2,13,15H2,1H3,(H,27,30). The fourth-order valence-electron chi connectivity index (χ4n) is 3.29. The van der Waals surface area contributed by atoms with Crippen molar-refractivity contribution in [2.45, 2.75) is 34.8 Å². The summed E-state index contributed by atoms with van der Waals surface area (Å²) in [6.07, 6.45) is 1.32. The van der Waals surface area contributed by atoms with Gasteiger partial charge in [0.25, 0.3) is 0 Å². The van der Waals surface area contributed by atoms with Crippen LogP contribution in [-0.2, 0) is 0 Å². The maximum atomic E-state index is 13.3. The lowest BCUT2D eigenvalue weighted by Gasteiger charge is -2.21. The SMILES string of the molecule is CCCNC(=S)SC(CC(=O)c1ccc2c(c1)Sc1ccccc1O2)c1ccc(Cl)cc1. The van der Waals surface area contributed by atoms with E-state index in [0.717, 1.165) is 39.8 Å². The van der Waals surface area contributed by atoms with Gasteiger partial charge < -0.3 is 10.1 Å². The summed E-state index contributed by atoms with van der Waals surface area (Å²) in [6.45, 7) is 2.91. The number of halogens is 1. The minimum absolute atomic E-state index is 0.0676. The summed E-state index contributed by atoms with van der Waals surface area (Å²) in [4.78, 5) is 15.3. The maximum Gasteiger partial charge on any atom is 0.164 e. The Hall–Kier alpha value is -1.99. The van der Waals surface area contributed by atoms with E-state index in [-0.39, 0.29) is 11.0 Å². The molecule has 3 aromatic rings. The van der Waals surface area contributed by atoms with Gasteiger partial charge in [-0.15, -0.1) is 0 Å². The van der Waals surface area contributed by atoms with Crippen molar-refractivity contribution in [3.8, 4) is 11.5 Å². The van der Waals surface area contributed by atoms with Crippen LogP contribution in [0.2, 0.25) is 5.02 Å². The molecule has 1 N–H and O–H groups in total. The van der Waals surface area contributed by atoms with Gasteiger partial charge in [-0.3, -0.25) is 4.79 Å². The molecular formula is C25H22ClNO2S3. The van der Waals surface area contributed by atoms with Gasteiger partial charge in [-0.1, -0.05) is 78.5 Å². The predicted octanol–water partition coefficient (Wildman–Crippen LogP) is 7.93. The third-order valence-corrected chi connectivity index (χ3v) is 7.80. The molecule has 3 aromatic carbocycles. The number of thiocarbonyl (C=S) groups is 1. The Morgan fingerprint density at radius 2 is 1.84 bits per heavy atom. The van der Waals surface area contributed by atoms with Crippen molar-refractivity contribution in [2.24, 2.45) is 0 Å². The number of nitrogens with one attached hydrogen (secondary N) is 1. The van der Waals surface area contributed by atoms with Gasteiger partial charge in [-0.2, -0.15) is 0 Å². The normalized spacial score (nSPS) is 12.8. The lowest BCUT2D eigenvalue weighted by atomic mass is 10.0. The highest BCUT2D eigenvalue weighted by Gasteiger charge is 2.23. The minimum Gasteiger partial charge on any atom is -0.455 e. The molecule has 0 saturated carbocycles. The van der Waals surface area contributed by atoms with Gasteiger partial charge in [0.15, 0.2) is 5.78 Å². The van der Waals surface area contributed by atoms with Gasteiger partial charge in [-0.25, -0.2) is 0 Å². The molecule has 3 nitrogen and oxygen atoms in total. The highest BCUT2D eigenvalue weighted by Crippen LogP contribution is 2.47. The van der Waals surface area contributed by atoms with Gasteiger partial charge in [0.1, 0.15) is 15.8 Å². The number of ether oxygens (including phenoxy) is 1. The molecule has 0 saturated heterocycles. The minimum atomic E-state index is -0.0997. The van der Waals surface area contributed by atoms with E-state index in [9.17, 15) is 4.79 Å². The van der Waals surface area contributed by atoms with E-state index in [1.165, 1.54) is 11.8 Å². The average molecular weight is 500 g/mol. The van der Waals surface area contributed by atoms with Crippen molar-refractivity contribution in [2.75, 3.05) is 6.54 Å². The van der Waals surface area contributed by atoms with E-state index in [1.54, 1.807) is 11.8 Å². The van der Waals surface area contributed by atoms with Crippen molar-refractivity contribution in [3.63, 3.8) is 0 Å². The number of hydrogen-bond acceptors (Lipinski definition) is 5. The van der Waals surface area contributed by atoms with Crippen molar-refractivity contribution in [1.82, 2.24) is 5.32 Å².